The van der Waals surface area contributed by atoms with E-state index in [0.29, 0.717) is 22.8 Å². The fourth-order valence-electron chi connectivity index (χ4n) is 3.95. The van der Waals surface area contributed by atoms with Gasteiger partial charge >= 0.3 is 36.2 Å². The van der Waals surface area contributed by atoms with Crippen LogP contribution in [-0.4, -0.2) is 150 Å². The molecule has 25 heteroatoms. The molecule has 2 rings (SSSR count). The van der Waals surface area contributed by atoms with Gasteiger partial charge in [0.25, 0.3) is 0 Å². The third-order valence-corrected chi connectivity index (χ3v) is 13.1. The van der Waals surface area contributed by atoms with Crippen LogP contribution in [0.1, 0.15) is 48.9 Å². The molecule has 2 unspecified atom stereocenters. The molecule has 0 saturated heterocycles. The largest absolute Gasteiger partial charge is 0.508 e. The number of aliphatic hydroxyl groups excluding tert-OH is 2. The molecule has 0 saturated carbocycles. The molecule has 4 N–H and O–H groups in total. The minimum Gasteiger partial charge on any atom is -0.481 e. The summed E-state index contributed by atoms with van der Waals surface area (Å²) in [6.45, 7) is 1.31. The number of carbonyl (C=O) groups is 6. The number of rotatable bonds is 29. The van der Waals surface area contributed by atoms with Crippen molar-refractivity contribution in [1.29, 1.82) is 0 Å². The number of hydrogen-bond donors (Lipinski definition) is 5. The molecule has 0 bridgehead atoms. The summed E-state index contributed by atoms with van der Waals surface area (Å²) in [5, 5.41) is 35.6. The Balaban J connectivity index is 0.00000114. The summed E-state index contributed by atoms with van der Waals surface area (Å²) in [5.74, 6) is -1.01. The van der Waals surface area contributed by atoms with Crippen LogP contribution >= 0.6 is 45.0 Å². The number of aliphatic hydroxyl groups is 2. The summed E-state index contributed by atoms with van der Waals surface area (Å²) < 4.78 is 61.5. The Bertz CT molecular complexity index is 1850. The highest BCUT2D eigenvalue weighted by molar-refractivity contribution is 8.76. The molecule has 0 amide bonds. The lowest BCUT2D eigenvalue weighted by Gasteiger charge is -2.24. The van der Waals surface area contributed by atoms with Crippen LogP contribution in [0.2, 0.25) is 0 Å². The van der Waals surface area contributed by atoms with E-state index in [9.17, 15) is 47.4 Å². The molecule has 20 nitrogen and oxygen atoms in total. The van der Waals surface area contributed by atoms with Gasteiger partial charge in [0, 0.05) is 43.5 Å². The van der Waals surface area contributed by atoms with Crippen molar-refractivity contribution in [3.8, 4) is 0 Å². The number of methoxy groups -OCH3 is 2. The molecule has 0 spiro atoms. The van der Waals surface area contributed by atoms with Crippen molar-refractivity contribution in [1.82, 2.24) is 0 Å². The monoisotopic (exact) mass is 1030 g/mol. The van der Waals surface area contributed by atoms with Crippen LogP contribution in [0.4, 0.5) is 9.59 Å². The van der Waals surface area contributed by atoms with Gasteiger partial charge in [-0.3, -0.25) is 19.2 Å². The number of carbonyl (C=O) groups excluding carboxylic acids is 4. The second-order valence-electron chi connectivity index (χ2n) is 14.0. The van der Waals surface area contributed by atoms with Crippen molar-refractivity contribution >= 4 is 90.1 Å². The predicted octanol–water partition coefficient (Wildman–Crippen LogP) is 5.00. The Morgan fingerprint density at radius 2 is 0.985 bits per heavy atom. The highest BCUT2D eigenvalue weighted by Gasteiger charge is 2.37. The second-order valence-corrected chi connectivity index (χ2v) is 21.5. The first-order valence-corrected chi connectivity index (χ1v) is 26.1. The number of carboxylic acids is 2. The Hall–Kier alpha value is -3.95. The van der Waals surface area contributed by atoms with E-state index in [-0.39, 0.29) is 59.1 Å². The van der Waals surface area contributed by atoms with Crippen molar-refractivity contribution in [3.63, 3.8) is 0 Å². The Morgan fingerprint density at radius 1 is 0.591 bits per heavy atom. The van der Waals surface area contributed by atoms with Crippen LogP contribution < -0.4 is 0 Å². The van der Waals surface area contributed by atoms with E-state index in [4.69, 9.17) is 48.1 Å². The Labute approximate surface area is 401 Å². The fourth-order valence-corrected chi connectivity index (χ4v) is 7.79. The summed E-state index contributed by atoms with van der Waals surface area (Å²) in [4.78, 5) is 67.7. The van der Waals surface area contributed by atoms with E-state index in [1.165, 1.54) is 38.9 Å². The molecule has 0 aliphatic rings. The number of carboxylic acid groups (broad SMARTS) is 2. The van der Waals surface area contributed by atoms with Crippen molar-refractivity contribution in [2.45, 2.75) is 51.4 Å². The zero-order valence-corrected chi connectivity index (χ0v) is 41.5. The van der Waals surface area contributed by atoms with Crippen molar-refractivity contribution < 1.29 is 95.5 Å². The van der Waals surface area contributed by atoms with Gasteiger partial charge in [0.15, 0.2) is 8.87 Å². The smallest absolute Gasteiger partial charge is 0.481 e. The zero-order chi connectivity index (χ0) is 50.0. The highest BCUT2D eigenvalue weighted by Crippen LogP contribution is 2.27. The van der Waals surface area contributed by atoms with E-state index < -0.39 is 75.7 Å². The average Bonchev–Trinajstić information content (AvgIpc) is 3.28. The van der Waals surface area contributed by atoms with Gasteiger partial charge in [-0.1, -0.05) is 70.1 Å². The van der Waals surface area contributed by atoms with Crippen molar-refractivity contribution in [2.75, 3.05) is 84.8 Å². The zero-order valence-electron chi connectivity index (χ0n) is 37.3. The van der Waals surface area contributed by atoms with Gasteiger partial charge in [0.05, 0.1) is 39.3 Å². The lowest BCUT2D eigenvalue weighted by Crippen LogP contribution is -2.39. The number of thiol groups is 1. The molecule has 0 heterocycles. The molecule has 374 valence electrons. The summed E-state index contributed by atoms with van der Waals surface area (Å²) >= 11 is 3.68. The van der Waals surface area contributed by atoms with E-state index in [1.54, 1.807) is 35.1 Å². The minimum absolute atomic E-state index is 0.00743. The van der Waals surface area contributed by atoms with Gasteiger partial charge in [-0.2, -0.15) is 12.6 Å². The lowest BCUT2D eigenvalue weighted by atomic mass is 9.93. The van der Waals surface area contributed by atoms with Crippen molar-refractivity contribution in [3.05, 3.63) is 70.8 Å². The number of benzene rings is 2. The summed E-state index contributed by atoms with van der Waals surface area (Å²) in [6.07, 6.45) is -0.499. The van der Waals surface area contributed by atoms with Gasteiger partial charge in [0.1, 0.15) is 50.5 Å². The van der Waals surface area contributed by atoms with Crippen LogP contribution in [0.15, 0.2) is 48.5 Å². The average molecular weight is 1030 g/mol. The summed E-state index contributed by atoms with van der Waals surface area (Å²) in [5.41, 5.74) is 0.475. The predicted molar refractivity (Wildman–Crippen MR) is 249 cm³/mol. The lowest BCUT2D eigenvalue weighted by molar-refractivity contribution is -0.163. The summed E-state index contributed by atoms with van der Waals surface area (Å²) in [7, 11) is 3.71. The Morgan fingerprint density at radius 3 is 1.32 bits per heavy atom. The third kappa shape index (κ3) is 30.4. The summed E-state index contributed by atoms with van der Waals surface area (Å²) in [6, 6.07) is 14.4. The van der Waals surface area contributed by atoms with Gasteiger partial charge in [-0.15, -0.1) is 0 Å². The molecule has 0 aliphatic carbocycles. The highest BCUT2D eigenvalue weighted by atomic mass is 33.1. The number of hydrogen-bond acceptors (Lipinski definition) is 22. The van der Waals surface area contributed by atoms with Gasteiger partial charge in [-0.25, -0.2) is 18.0 Å². The number of aliphatic carboxylic acids is 2. The molecule has 0 radical (unpaired) electrons. The van der Waals surface area contributed by atoms with Gasteiger partial charge < -0.3 is 58.3 Å². The molecule has 0 aliphatic heterocycles. The molecular formula is C41H60O20S5. The van der Waals surface area contributed by atoms with E-state index in [0.717, 1.165) is 39.5 Å². The Kier molecular flexibility index (Phi) is 33.1. The standard InChI is InChI=1S/C20H28O9S2.C18H26O9S2.C3H6O2S/c1-20(13-21,14-29-19(25)27-9-8-26-2)18(24)28-11-15-3-5-16(6-4-15)12-31-30-10-7-17(22)23;1-18(12-19,13-27-17(21)25-9-8-24-2)16(20)26-10-14-4-6-15(7-5-14)11-28-29(3,22)23;4-3(5)1-2-6/h3-6,21H,7-14H2,1-2H3,(H,22,23);4-7,19H,8-13H2,1-3H3;6H,1-2H2,(H,4,5). The second kappa shape index (κ2) is 35.2. The number of ether oxygens (including phenoxy) is 8. The maximum atomic E-state index is 12.4. The maximum Gasteiger partial charge on any atom is 0.508 e. The first-order valence-electron chi connectivity index (χ1n) is 19.6. The maximum absolute atomic E-state index is 12.4. The number of esters is 2. The van der Waals surface area contributed by atoms with Crippen LogP contribution in [0.5, 0.6) is 0 Å². The van der Waals surface area contributed by atoms with E-state index >= 15 is 0 Å². The normalized spacial score (nSPS) is 12.5. The molecule has 2 aromatic carbocycles. The van der Waals surface area contributed by atoms with Gasteiger partial charge in [0.2, 0.25) is 0 Å². The molecule has 2 atom stereocenters. The first kappa shape index (κ1) is 62.1. The molecule has 2 aromatic rings. The minimum atomic E-state index is -3.12. The van der Waals surface area contributed by atoms with Crippen LogP contribution in [-0.2, 0) is 90.7 Å². The molecule has 66 heavy (non-hydrogen) atoms. The third-order valence-electron chi connectivity index (χ3n) is 7.97. The first-order chi connectivity index (χ1) is 31.2. The van der Waals surface area contributed by atoms with Crippen molar-refractivity contribution in [2.24, 2.45) is 10.8 Å². The van der Waals surface area contributed by atoms with Crippen LogP contribution in [0.3, 0.4) is 0 Å². The molecule has 0 aromatic heterocycles. The van der Waals surface area contributed by atoms with Gasteiger partial charge in [-0.05, 0) is 46.9 Å². The van der Waals surface area contributed by atoms with Crippen LogP contribution in [0, 0.1) is 10.8 Å². The van der Waals surface area contributed by atoms with E-state index in [1.807, 2.05) is 24.3 Å². The topological polar surface area (TPSA) is 291 Å². The molecule has 0 fully saturated rings. The van der Waals surface area contributed by atoms with Crippen LogP contribution in [0.25, 0.3) is 0 Å². The molecular weight excluding hydrogens is 973 g/mol. The fraction of sp³-hybridized carbons (Fsp3) is 0.561. The van der Waals surface area contributed by atoms with E-state index in [2.05, 4.69) is 12.6 Å². The SMILES string of the molecule is COCCOC(=O)OCC(C)(CO)C(=O)OCc1ccc(CSS(C)(=O)=O)cc1.COCCOC(=O)OCC(C)(CO)C(=O)OCc1ccc(CSSCCC(=O)O)cc1.O=C(O)CCS. The quantitative estimate of drug-likeness (QED) is 0.0236.